The number of nitrogens with two attached hydrogens (primary N) is 1. The first-order valence-corrected chi connectivity index (χ1v) is 13.9. The number of morpholine rings is 1. The molecule has 3 aliphatic rings. The van der Waals surface area contributed by atoms with Gasteiger partial charge in [0.1, 0.15) is 19.7 Å². The van der Waals surface area contributed by atoms with Crippen LogP contribution in [0.15, 0.2) is 42.6 Å². The van der Waals surface area contributed by atoms with Crippen LogP contribution >= 0.6 is 0 Å². The molecule has 10 heteroatoms. The molecule has 0 unspecified atom stereocenters. The predicted molar refractivity (Wildman–Crippen MR) is 156 cm³/mol. The van der Waals surface area contributed by atoms with Crippen LogP contribution < -0.4 is 26.0 Å². The second-order valence-electron chi connectivity index (χ2n) is 11.0. The number of pyridine rings is 2. The summed E-state index contributed by atoms with van der Waals surface area (Å²) >= 11 is 0. The highest BCUT2D eigenvalue weighted by molar-refractivity contribution is 6.31. The highest BCUT2D eigenvalue weighted by atomic mass is 16.5. The number of hydrogen-bond donors (Lipinski definition) is 1. The molecule has 1 aromatic carbocycles. The summed E-state index contributed by atoms with van der Waals surface area (Å²) in [5, 5.41) is 10.5. The summed E-state index contributed by atoms with van der Waals surface area (Å²) < 4.78 is 6.39. The van der Waals surface area contributed by atoms with Crippen molar-refractivity contribution in [2.45, 2.75) is 31.6 Å². The van der Waals surface area contributed by atoms with E-state index in [2.05, 4.69) is 49.7 Å². The molecule has 3 saturated heterocycles. The van der Waals surface area contributed by atoms with Crippen LogP contribution in [0.4, 0.5) is 17.2 Å². The van der Waals surface area contributed by atoms with Crippen LogP contribution in [0.1, 0.15) is 18.9 Å². The minimum absolute atomic E-state index is 0.0977. The number of aromatic nitrogens is 2. The molecule has 3 aliphatic heterocycles. The summed E-state index contributed by atoms with van der Waals surface area (Å²) in [5.41, 5.74) is 9.94. The molecular formula is C29H35BN8O. The van der Waals surface area contributed by atoms with Crippen molar-refractivity contribution in [3.63, 3.8) is 0 Å². The first kappa shape index (κ1) is 25.9. The normalized spacial score (nSPS) is 24.3. The van der Waals surface area contributed by atoms with Crippen molar-refractivity contribution >= 4 is 41.5 Å². The van der Waals surface area contributed by atoms with Gasteiger partial charge in [-0.3, -0.25) is 9.88 Å². The maximum absolute atomic E-state index is 9.57. The SMILES string of the molecule is [B]c1ccc2c(N3C[C@H](CN4CCN(c5ccc(N6CC[C@H](N)C6)nc5)CC4)O[C@H](C)C3)ccc(C#N)c2n1. The minimum Gasteiger partial charge on any atom is -0.370 e. The van der Waals surface area contributed by atoms with Crippen LogP contribution in [0.25, 0.3) is 10.9 Å². The van der Waals surface area contributed by atoms with Gasteiger partial charge in [0.25, 0.3) is 0 Å². The molecule has 0 spiro atoms. The number of nitriles is 1. The van der Waals surface area contributed by atoms with Crippen molar-refractivity contribution in [1.29, 1.82) is 5.26 Å². The van der Waals surface area contributed by atoms with Crippen molar-refractivity contribution in [3.8, 4) is 6.07 Å². The third kappa shape index (κ3) is 5.53. The van der Waals surface area contributed by atoms with Gasteiger partial charge in [0.05, 0.1) is 35.2 Å². The molecule has 0 amide bonds. The molecule has 39 heavy (non-hydrogen) atoms. The predicted octanol–water partition coefficient (Wildman–Crippen LogP) is 1.25. The minimum atomic E-state index is 0.0977. The largest absolute Gasteiger partial charge is 0.370 e. The Morgan fingerprint density at radius 1 is 1.00 bits per heavy atom. The number of fused-ring (bicyclic) bond motifs is 1. The molecular weight excluding hydrogens is 487 g/mol. The Balaban J connectivity index is 1.08. The molecule has 0 aliphatic carbocycles. The summed E-state index contributed by atoms with van der Waals surface area (Å²) in [7, 11) is 5.94. The average molecular weight is 522 g/mol. The molecule has 200 valence electrons. The first-order chi connectivity index (χ1) is 19.0. The number of piperazine rings is 1. The van der Waals surface area contributed by atoms with Crippen molar-refractivity contribution in [2.75, 3.05) is 73.6 Å². The van der Waals surface area contributed by atoms with Gasteiger partial charge < -0.3 is 25.2 Å². The summed E-state index contributed by atoms with van der Waals surface area (Å²) in [6.45, 7) is 10.4. The quantitative estimate of drug-likeness (QED) is 0.497. The van der Waals surface area contributed by atoms with Crippen LogP contribution in [-0.2, 0) is 4.74 Å². The molecule has 3 atom stereocenters. The van der Waals surface area contributed by atoms with Gasteiger partial charge in [-0.25, -0.2) is 4.98 Å². The zero-order chi connectivity index (χ0) is 26.9. The lowest BCUT2D eigenvalue weighted by Crippen LogP contribution is -2.54. The lowest BCUT2D eigenvalue weighted by molar-refractivity contribution is -0.0327. The Bertz CT molecular complexity index is 1350. The molecule has 3 fully saturated rings. The van der Waals surface area contributed by atoms with Gasteiger partial charge in [0, 0.05) is 76.0 Å². The number of ether oxygens (including phenoxy) is 1. The molecule has 2 radical (unpaired) electrons. The monoisotopic (exact) mass is 522 g/mol. The van der Waals surface area contributed by atoms with E-state index in [-0.39, 0.29) is 18.2 Å². The Morgan fingerprint density at radius 2 is 1.85 bits per heavy atom. The Hall–Kier alpha value is -3.39. The van der Waals surface area contributed by atoms with Crippen molar-refractivity contribution in [1.82, 2.24) is 14.9 Å². The smallest absolute Gasteiger partial charge is 0.141 e. The summed E-state index contributed by atoms with van der Waals surface area (Å²) in [6.07, 6.45) is 3.24. The lowest BCUT2D eigenvalue weighted by Gasteiger charge is -2.42. The Kier molecular flexibility index (Phi) is 7.30. The van der Waals surface area contributed by atoms with Crippen LogP contribution in [-0.4, -0.2) is 99.9 Å². The average Bonchev–Trinajstić information content (AvgIpc) is 3.38. The van der Waals surface area contributed by atoms with E-state index in [0.29, 0.717) is 16.7 Å². The molecule has 9 nitrogen and oxygen atoms in total. The third-order valence-corrected chi connectivity index (χ3v) is 8.12. The van der Waals surface area contributed by atoms with E-state index in [9.17, 15) is 5.26 Å². The van der Waals surface area contributed by atoms with Gasteiger partial charge in [-0.05, 0) is 49.3 Å². The van der Waals surface area contributed by atoms with E-state index in [1.54, 1.807) is 6.07 Å². The third-order valence-electron chi connectivity index (χ3n) is 8.12. The number of benzene rings is 1. The fourth-order valence-corrected chi connectivity index (χ4v) is 6.15. The van der Waals surface area contributed by atoms with Crippen molar-refractivity contribution in [3.05, 3.63) is 48.2 Å². The van der Waals surface area contributed by atoms with Gasteiger partial charge in [0.15, 0.2) is 0 Å². The zero-order valence-electron chi connectivity index (χ0n) is 22.5. The van der Waals surface area contributed by atoms with Gasteiger partial charge in [-0.2, -0.15) is 5.26 Å². The number of nitrogens with zero attached hydrogens (tertiary/aromatic N) is 7. The molecule has 5 heterocycles. The topological polar surface area (TPSA) is 97.8 Å². The molecule has 0 bridgehead atoms. The van der Waals surface area contributed by atoms with Crippen molar-refractivity contribution < 1.29 is 4.74 Å². The Morgan fingerprint density at radius 3 is 2.56 bits per heavy atom. The van der Waals surface area contributed by atoms with Crippen LogP contribution in [0, 0.1) is 11.3 Å². The van der Waals surface area contributed by atoms with E-state index in [4.69, 9.17) is 23.3 Å². The summed E-state index contributed by atoms with van der Waals surface area (Å²) in [6, 6.07) is 14.5. The summed E-state index contributed by atoms with van der Waals surface area (Å²) in [4.78, 5) is 18.8. The second-order valence-corrected chi connectivity index (χ2v) is 11.0. The molecule has 2 N–H and O–H groups in total. The first-order valence-electron chi connectivity index (χ1n) is 13.9. The maximum Gasteiger partial charge on any atom is 0.141 e. The number of anilines is 3. The summed E-state index contributed by atoms with van der Waals surface area (Å²) in [5.74, 6) is 1.02. The van der Waals surface area contributed by atoms with E-state index in [1.807, 2.05) is 24.4 Å². The number of hydrogen-bond acceptors (Lipinski definition) is 9. The Labute approximate surface area is 231 Å². The van der Waals surface area contributed by atoms with Gasteiger partial charge >= 0.3 is 0 Å². The van der Waals surface area contributed by atoms with Gasteiger partial charge in [-0.15, -0.1) is 0 Å². The second kappa shape index (κ2) is 11.0. The van der Waals surface area contributed by atoms with E-state index >= 15 is 0 Å². The van der Waals surface area contributed by atoms with E-state index < -0.39 is 0 Å². The van der Waals surface area contributed by atoms with Crippen LogP contribution in [0.5, 0.6) is 0 Å². The highest BCUT2D eigenvalue weighted by Gasteiger charge is 2.30. The molecule has 3 aromatic rings. The van der Waals surface area contributed by atoms with Gasteiger partial charge in [0.2, 0.25) is 0 Å². The molecule has 0 saturated carbocycles. The molecule has 6 rings (SSSR count). The standard InChI is InChI=1S/C29H35BN8O/c1-20-16-38(26-5-2-21(14-31)29-25(26)4-6-27(30)34-29)19-24(39-20)18-35-10-12-36(13-11-35)23-3-7-28(33-15-23)37-9-8-22(32)17-37/h2-7,15,20,22,24H,8-13,16-19,32H2,1H3/t20-,22+,24+/m1/s1. The van der Waals surface area contributed by atoms with Gasteiger partial charge in [-0.1, -0.05) is 6.07 Å². The number of rotatable bonds is 5. The fourth-order valence-electron chi connectivity index (χ4n) is 6.15. The maximum atomic E-state index is 9.57. The van der Waals surface area contributed by atoms with E-state index in [0.717, 1.165) is 82.2 Å². The highest BCUT2D eigenvalue weighted by Crippen LogP contribution is 2.30. The zero-order valence-corrected chi connectivity index (χ0v) is 22.5. The lowest BCUT2D eigenvalue weighted by atomic mass is 10.00. The van der Waals surface area contributed by atoms with Crippen LogP contribution in [0.2, 0.25) is 0 Å². The van der Waals surface area contributed by atoms with Crippen LogP contribution in [0.3, 0.4) is 0 Å². The van der Waals surface area contributed by atoms with E-state index in [1.165, 1.54) is 5.69 Å². The fraction of sp³-hybridized carbons (Fsp3) is 0.483. The molecule has 2 aromatic heterocycles. The van der Waals surface area contributed by atoms with Crippen molar-refractivity contribution in [2.24, 2.45) is 5.73 Å².